The summed E-state index contributed by atoms with van der Waals surface area (Å²) in [5.74, 6) is -1.28. The highest BCUT2D eigenvalue weighted by Gasteiger charge is 2.31. The van der Waals surface area contributed by atoms with Crippen molar-refractivity contribution in [3.63, 3.8) is 0 Å². The van der Waals surface area contributed by atoms with E-state index in [9.17, 15) is 14.4 Å². The van der Waals surface area contributed by atoms with Gasteiger partial charge in [0.2, 0.25) is 0 Å². The number of likely N-dealkylation sites (tertiary alicyclic amines) is 1. The molecule has 0 bridgehead atoms. The van der Waals surface area contributed by atoms with Crippen molar-refractivity contribution in [2.45, 2.75) is 25.3 Å². The molecule has 1 saturated heterocycles. The molecule has 6 heteroatoms. The minimum absolute atomic E-state index is 0.0902. The van der Waals surface area contributed by atoms with Crippen LogP contribution in [0.5, 0.6) is 0 Å². The van der Waals surface area contributed by atoms with Gasteiger partial charge in [-0.25, -0.2) is 0 Å². The normalized spacial score (nSPS) is 17.0. The Kier molecular flexibility index (Phi) is 5.18. The number of amides is 2. The number of pyridine rings is 1. The number of aldehydes is 1. The van der Waals surface area contributed by atoms with Gasteiger partial charge >= 0.3 is 11.8 Å². The van der Waals surface area contributed by atoms with E-state index in [2.05, 4.69) is 10.3 Å². The van der Waals surface area contributed by atoms with Crippen LogP contribution < -0.4 is 5.32 Å². The lowest BCUT2D eigenvalue weighted by atomic mass is 9.95. The number of aromatic nitrogens is 1. The Balaban J connectivity index is 1.75. The zero-order chi connectivity index (χ0) is 17.6. The van der Waals surface area contributed by atoms with Gasteiger partial charge in [-0.3, -0.25) is 19.4 Å². The molecular formula is C19H19N3O3. The van der Waals surface area contributed by atoms with Gasteiger partial charge in [-0.05, 0) is 30.9 Å². The van der Waals surface area contributed by atoms with Gasteiger partial charge in [0, 0.05) is 18.3 Å². The molecule has 0 radical (unpaired) electrons. The largest absolute Gasteiger partial charge is 0.327 e. The van der Waals surface area contributed by atoms with E-state index in [1.54, 1.807) is 4.90 Å². The number of anilines is 1. The van der Waals surface area contributed by atoms with E-state index >= 15 is 0 Å². The number of nitrogens with one attached hydrogen (secondary N) is 1. The molecule has 1 aliphatic rings. The van der Waals surface area contributed by atoms with Crippen LogP contribution in [-0.2, 0) is 9.59 Å². The van der Waals surface area contributed by atoms with Gasteiger partial charge in [0.25, 0.3) is 0 Å². The number of hydrogen-bond donors (Lipinski definition) is 1. The first-order valence-electron chi connectivity index (χ1n) is 8.26. The number of rotatable bonds is 3. The molecule has 0 aliphatic carbocycles. The first kappa shape index (κ1) is 16.8. The fourth-order valence-electron chi connectivity index (χ4n) is 3.10. The maximum Gasteiger partial charge on any atom is 0.313 e. The molecular weight excluding hydrogens is 318 g/mol. The second kappa shape index (κ2) is 7.70. The topological polar surface area (TPSA) is 79.4 Å². The lowest BCUT2D eigenvalue weighted by molar-refractivity contribution is -0.145. The third-order valence-corrected chi connectivity index (χ3v) is 4.30. The first-order valence-corrected chi connectivity index (χ1v) is 8.26. The molecule has 3 rings (SSSR count). The van der Waals surface area contributed by atoms with Gasteiger partial charge in [-0.15, -0.1) is 0 Å². The third-order valence-electron chi connectivity index (χ3n) is 4.30. The molecule has 1 N–H and O–H groups in total. The van der Waals surface area contributed by atoms with Crippen molar-refractivity contribution < 1.29 is 14.4 Å². The summed E-state index contributed by atoms with van der Waals surface area (Å²) in [7, 11) is 0. The quantitative estimate of drug-likeness (QED) is 0.690. The number of carbonyl (C=O) groups excluding carboxylic acids is 3. The maximum atomic E-state index is 12.7. The van der Waals surface area contributed by atoms with E-state index in [1.807, 2.05) is 30.3 Å². The maximum absolute atomic E-state index is 12.7. The zero-order valence-electron chi connectivity index (χ0n) is 13.7. The fourth-order valence-corrected chi connectivity index (χ4v) is 3.10. The van der Waals surface area contributed by atoms with E-state index in [1.165, 1.54) is 18.5 Å². The number of piperidine rings is 1. The molecule has 1 aliphatic heterocycles. The van der Waals surface area contributed by atoms with Crippen molar-refractivity contribution in [2.75, 3.05) is 11.9 Å². The van der Waals surface area contributed by atoms with Gasteiger partial charge in [0.15, 0.2) is 6.29 Å². The van der Waals surface area contributed by atoms with E-state index in [0.717, 1.165) is 24.8 Å². The molecule has 1 aromatic carbocycles. The number of carbonyl (C=O) groups is 3. The van der Waals surface area contributed by atoms with Crippen LogP contribution >= 0.6 is 0 Å². The Morgan fingerprint density at radius 1 is 1.16 bits per heavy atom. The fraction of sp³-hybridized carbons (Fsp3) is 0.263. The van der Waals surface area contributed by atoms with Crippen molar-refractivity contribution in [3.05, 3.63) is 59.9 Å². The highest BCUT2D eigenvalue weighted by molar-refractivity contribution is 6.39. The van der Waals surface area contributed by atoms with Gasteiger partial charge < -0.3 is 10.2 Å². The average molecular weight is 337 g/mol. The Morgan fingerprint density at radius 3 is 2.72 bits per heavy atom. The number of hydrogen-bond acceptors (Lipinski definition) is 4. The van der Waals surface area contributed by atoms with Crippen LogP contribution in [0.4, 0.5) is 5.69 Å². The van der Waals surface area contributed by atoms with Crippen LogP contribution in [0.3, 0.4) is 0 Å². The molecule has 2 heterocycles. The van der Waals surface area contributed by atoms with Crippen molar-refractivity contribution in [1.82, 2.24) is 9.88 Å². The summed E-state index contributed by atoms with van der Waals surface area (Å²) >= 11 is 0. The smallest absolute Gasteiger partial charge is 0.313 e. The molecule has 0 saturated carbocycles. The van der Waals surface area contributed by atoms with Crippen molar-refractivity contribution in [1.29, 1.82) is 0 Å². The SMILES string of the molecule is O=Cc1cncc(NC(=O)C(=O)N2CCCCC2c2ccccc2)c1. The summed E-state index contributed by atoms with van der Waals surface area (Å²) in [6, 6.07) is 11.1. The van der Waals surface area contributed by atoms with Crippen LogP contribution in [0.1, 0.15) is 41.2 Å². The van der Waals surface area contributed by atoms with Crippen molar-refractivity contribution >= 4 is 23.8 Å². The zero-order valence-corrected chi connectivity index (χ0v) is 13.7. The molecule has 0 spiro atoms. The monoisotopic (exact) mass is 337 g/mol. The standard InChI is InChI=1S/C19H19N3O3/c23-13-14-10-16(12-20-11-14)21-18(24)19(25)22-9-5-4-8-17(22)15-6-2-1-3-7-15/h1-3,6-7,10-13,17H,4-5,8-9H2,(H,21,24). The lowest BCUT2D eigenvalue weighted by Gasteiger charge is -2.35. The van der Waals surface area contributed by atoms with E-state index in [-0.39, 0.29) is 6.04 Å². The Bertz CT molecular complexity index is 776. The minimum atomic E-state index is -0.715. The Hall–Kier alpha value is -3.02. The lowest BCUT2D eigenvalue weighted by Crippen LogP contribution is -2.44. The highest BCUT2D eigenvalue weighted by Crippen LogP contribution is 2.30. The predicted octanol–water partition coefficient (Wildman–Crippen LogP) is 2.59. The Labute approximate surface area is 145 Å². The van der Waals surface area contributed by atoms with Gasteiger partial charge in [-0.1, -0.05) is 30.3 Å². The van der Waals surface area contributed by atoms with Gasteiger partial charge in [0.1, 0.15) is 0 Å². The number of benzene rings is 1. The predicted molar refractivity (Wildman–Crippen MR) is 93.0 cm³/mol. The summed E-state index contributed by atoms with van der Waals surface area (Å²) in [5.41, 5.74) is 1.70. The van der Waals surface area contributed by atoms with Crippen molar-refractivity contribution in [2.24, 2.45) is 0 Å². The van der Waals surface area contributed by atoms with E-state index in [4.69, 9.17) is 0 Å². The summed E-state index contributed by atoms with van der Waals surface area (Å²) in [6.45, 7) is 0.554. The molecule has 1 atom stereocenters. The van der Waals surface area contributed by atoms with Crippen molar-refractivity contribution in [3.8, 4) is 0 Å². The van der Waals surface area contributed by atoms with E-state index in [0.29, 0.717) is 24.1 Å². The van der Waals surface area contributed by atoms with E-state index < -0.39 is 11.8 Å². The molecule has 1 aromatic heterocycles. The molecule has 2 aromatic rings. The van der Waals surface area contributed by atoms with Crippen LogP contribution in [0, 0.1) is 0 Å². The summed E-state index contributed by atoms with van der Waals surface area (Å²) in [5, 5.41) is 2.53. The molecule has 2 amide bonds. The minimum Gasteiger partial charge on any atom is -0.327 e. The number of nitrogens with zero attached hydrogens (tertiary/aromatic N) is 2. The van der Waals surface area contributed by atoms with Crippen LogP contribution in [0.15, 0.2) is 48.8 Å². The first-order chi connectivity index (χ1) is 12.2. The van der Waals surface area contributed by atoms with Crippen LogP contribution in [-0.4, -0.2) is 34.5 Å². The summed E-state index contributed by atoms with van der Waals surface area (Å²) < 4.78 is 0. The third kappa shape index (κ3) is 3.91. The molecule has 1 unspecified atom stereocenters. The van der Waals surface area contributed by atoms with Gasteiger partial charge in [0.05, 0.1) is 17.9 Å². The van der Waals surface area contributed by atoms with Gasteiger partial charge in [-0.2, -0.15) is 0 Å². The molecule has 1 fully saturated rings. The highest BCUT2D eigenvalue weighted by atomic mass is 16.2. The Morgan fingerprint density at radius 2 is 1.96 bits per heavy atom. The average Bonchev–Trinajstić information content (AvgIpc) is 2.68. The summed E-state index contributed by atoms with van der Waals surface area (Å²) in [6.07, 6.45) is 6.18. The molecule has 25 heavy (non-hydrogen) atoms. The molecule has 6 nitrogen and oxygen atoms in total. The second-order valence-corrected chi connectivity index (χ2v) is 6.00. The molecule has 128 valence electrons. The second-order valence-electron chi connectivity index (χ2n) is 6.00. The van der Waals surface area contributed by atoms with Crippen LogP contribution in [0.2, 0.25) is 0 Å². The summed E-state index contributed by atoms with van der Waals surface area (Å²) in [4.78, 5) is 41.3. The van der Waals surface area contributed by atoms with Crippen LogP contribution in [0.25, 0.3) is 0 Å².